The summed E-state index contributed by atoms with van der Waals surface area (Å²) in [6.07, 6.45) is 0. The van der Waals surface area contributed by atoms with Crippen LogP contribution >= 0.6 is 0 Å². The van der Waals surface area contributed by atoms with Gasteiger partial charge in [0.2, 0.25) is 0 Å². The monoisotopic (exact) mass is 285 g/mol. The van der Waals surface area contributed by atoms with E-state index in [0.29, 0.717) is 12.3 Å². The zero-order valence-electron chi connectivity index (χ0n) is 12.0. The van der Waals surface area contributed by atoms with Crippen LogP contribution < -0.4 is 10.1 Å². The van der Waals surface area contributed by atoms with E-state index >= 15 is 0 Å². The van der Waals surface area contributed by atoms with Gasteiger partial charge in [-0.15, -0.1) is 0 Å². The summed E-state index contributed by atoms with van der Waals surface area (Å²) in [5, 5.41) is 11.9. The van der Waals surface area contributed by atoms with Crippen LogP contribution in [-0.4, -0.2) is 17.6 Å². The first-order chi connectivity index (χ1) is 10.2. The lowest BCUT2D eigenvalue weighted by molar-refractivity contribution is -0.123. The van der Waals surface area contributed by atoms with Crippen LogP contribution in [-0.2, 0) is 17.9 Å². The Labute approximate surface area is 124 Å². The maximum absolute atomic E-state index is 11.8. The molecule has 1 amide bonds. The van der Waals surface area contributed by atoms with Crippen molar-refractivity contribution < 1.29 is 14.6 Å². The molecule has 0 unspecified atom stereocenters. The number of aryl methyl sites for hydroxylation is 1. The van der Waals surface area contributed by atoms with Crippen LogP contribution in [0.3, 0.4) is 0 Å². The summed E-state index contributed by atoms with van der Waals surface area (Å²) in [5.74, 6) is 0.403. The van der Waals surface area contributed by atoms with Crippen molar-refractivity contribution in [3.63, 3.8) is 0 Å². The van der Waals surface area contributed by atoms with Crippen molar-refractivity contribution in [1.29, 1.82) is 0 Å². The molecule has 0 spiro atoms. The highest BCUT2D eigenvalue weighted by Crippen LogP contribution is 2.13. The molecule has 4 heteroatoms. The molecule has 0 heterocycles. The minimum Gasteiger partial charge on any atom is -0.484 e. The van der Waals surface area contributed by atoms with E-state index < -0.39 is 0 Å². The van der Waals surface area contributed by atoms with Crippen molar-refractivity contribution in [2.45, 2.75) is 20.1 Å². The second-order valence-electron chi connectivity index (χ2n) is 4.80. The van der Waals surface area contributed by atoms with Crippen LogP contribution in [0.25, 0.3) is 0 Å². The Morgan fingerprint density at radius 2 is 2.00 bits per heavy atom. The van der Waals surface area contributed by atoms with E-state index in [1.807, 2.05) is 31.2 Å². The fourth-order valence-corrected chi connectivity index (χ4v) is 1.94. The number of amides is 1. The fourth-order valence-electron chi connectivity index (χ4n) is 1.94. The van der Waals surface area contributed by atoms with E-state index in [1.54, 1.807) is 24.3 Å². The summed E-state index contributed by atoms with van der Waals surface area (Å²) in [4.78, 5) is 11.8. The summed E-state index contributed by atoms with van der Waals surface area (Å²) >= 11 is 0. The van der Waals surface area contributed by atoms with E-state index in [2.05, 4.69) is 5.32 Å². The molecular weight excluding hydrogens is 266 g/mol. The van der Waals surface area contributed by atoms with Crippen LogP contribution in [0.4, 0.5) is 0 Å². The zero-order valence-corrected chi connectivity index (χ0v) is 12.0. The average molecular weight is 285 g/mol. The maximum atomic E-state index is 11.8. The number of rotatable bonds is 6. The number of carbonyl (C=O) groups excluding carboxylic acids is 1. The van der Waals surface area contributed by atoms with Gasteiger partial charge in [0, 0.05) is 6.54 Å². The Morgan fingerprint density at radius 1 is 1.19 bits per heavy atom. The van der Waals surface area contributed by atoms with E-state index in [1.165, 1.54) is 0 Å². The second kappa shape index (κ2) is 7.45. The molecule has 0 fully saturated rings. The van der Waals surface area contributed by atoms with Crippen molar-refractivity contribution in [3.05, 3.63) is 65.2 Å². The SMILES string of the molecule is Cc1ccccc1CNC(=O)COc1cccc(CO)c1. The fraction of sp³-hybridized carbons (Fsp3) is 0.235. The minimum atomic E-state index is -0.173. The van der Waals surface area contributed by atoms with Gasteiger partial charge < -0.3 is 15.2 Å². The van der Waals surface area contributed by atoms with Crippen LogP contribution in [0.1, 0.15) is 16.7 Å². The highest BCUT2D eigenvalue weighted by atomic mass is 16.5. The Kier molecular flexibility index (Phi) is 5.35. The number of benzene rings is 2. The highest BCUT2D eigenvalue weighted by molar-refractivity contribution is 5.77. The van der Waals surface area contributed by atoms with Crippen molar-refractivity contribution in [2.24, 2.45) is 0 Å². The van der Waals surface area contributed by atoms with Gasteiger partial charge in [0.05, 0.1) is 6.61 Å². The number of nitrogens with one attached hydrogen (secondary N) is 1. The predicted octanol–water partition coefficient (Wildman–Crippen LogP) is 2.18. The first-order valence-electron chi connectivity index (χ1n) is 6.83. The van der Waals surface area contributed by atoms with Gasteiger partial charge in [0.15, 0.2) is 6.61 Å². The lowest BCUT2D eigenvalue weighted by atomic mass is 10.1. The third-order valence-electron chi connectivity index (χ3n) is 3.19. The first kappa shape index (κ1) is 15.1. The van der Waals surface area contributed by atoms with Gasteiger partial charge in [-0.3, -0.25) is 4.79 Å². The molecule has 0 aromatic heterocycles. The molecule has 2 aromatic carbocycles. The summed E-state index contributed by atoms with van der Waals surface area (Å²) in [5.41, 5.74) is 3.00. The summed E-state index contributed by atoms with van der Waals surface area (Å²) in [6, 6.07) is 15.0. The number of hydrogen-bond acceptors (Lipinski definition) is 3. The minimum absolute atomic E-state index is 0.0409. The van der Waals surface area contributed by atoms with Crippen molar-refractivity contribution in [3.8, 4) is 5.75 Å². The topological polar surface area (TPSA) is 58.6 Å². The Morgan fingerprint density at radius 3 is 2.76 bits per heavy atom. The van der Waals surface area contributed by atoms with Gasteiger partial charge in [-0.05, 0) is 35.7 Å². The molecule has 21 heavy (non-hydrogen) atoms. The summed E-state index contributed by atoms with van der Waals surface area (Å²) in [6.45, 7) is 2.42. The number of aliphatic hydroxyl groups excluding tert-OH is 1. The molecule has 4 nitrogen and oxygen atoms in total. The molecule has 0 bridgehead atoms. The van der Waals surface area contributed by atoms with Crippen LogP contribution in [0.5, 0.6) is 5.75 Å². The average Bonchev–Trinajstić information content (AvgIpc) is 2.52. The largest absolute Gasteiger partial charge is 0.484 e. The molecule has 0 saturated heterocycles. The lowest BCUT2D eigenvalue weighted by Gasteiger charge is -2.09. The molecular formula is C17H19NO3. The molecule has 0 aliphatic carbocycles. The van der Waals surface area contributed by atoms with Crippen molar-refractivity contribution in [1.82, 2.24) is 5.32 Å². The highest BCUT2D eigenvalue weighted by Gasteiger charge is 2.04. The van der Waals surface area contributed by atoms with E-state index in [-0.39, 0.29) is 19.1 Å². The molecule has 0 saturated carbocycles. The molecule has 0 aliphatic heterocycles. The zero-order chi connectivity index (χ0) is 15.1. The molecule has 2 rings (SSSR count). The first-order valence-corrected chi connectivity index (χ1v) is 6.83. The Hall–Kier alpha value is -2.33. The van der Waals surface area contributed by atoms with Crippen LogP contribution in [0, 0.1) is 6.92 Å². The smallest absolute Gasteiger partial charge is 0.258 e. The van der Waals surface area contributed by atoms with Gasteiger partial charge in [-0.25, -0.2) is 0 Å². The normalized spacial score (nSPS) is 10.2. The summed E-state index contributed by atoms with van der Waals surface area (Å²) < 4.78 is 5.41. The van der Waals surface area contributed by atoms with E-state index in [0.717, 1.165) is 16.7 Å². The van der Waals surface area contributed by atoms with E-state index in [9.17, 15) is 4.79 Å². The number of aliphatic hydroxyl groups is 1. The standard InChI is InChI=1S/C17H19NO3/c1-13-5-2-3-7-15(13)10-18-17(20)12-21-16-8-4-6-14(9-16)11-19/h2-9,19H,10-12H2,1H3,(H,18,20). The van der Waals surface area contributed by atoms with Gasteiger partial charge in [-0.2, -0.15) is 0 Å². The van der Waals surface area contributed by atoms with Crippen LogP contribution in [0.2, 0.25) is 0 Å². The molecule has 0 atom stereocenters. The third-order valence-corrected chi connectivity index (χ3v) is 3.19. The third kappa shape index (κ3) is 4.61. The molecule has 110 valence electrons. The van der Waals surface area contributed by atoms with E-state index in [4.69, 9.17) is 9.84 Å². The lowest BCUT2D eigenvalue weighted by Crippen LogP contribution is -2.28. The van der Waals surface area contributed by atoms with Crippen LogP contribution in [0.15, 0.2) is 48.5 Å². The number of ether oxygens (including phenoxy) is 1. The van der Waals surface area contributed by atoms with Crippen molar-refractivity contribution >= 4 is 5.91 Å². The summed E-state index contributed by atoms with van der Waals surface area (Å²) in [7, 11) is 0. The Bertz CT molecular complexity index is 610. The van der Waals surface area contributed by atoms with Gasteiger partial charge in [-0.1, -0.05) is 36.4 Å². The van der Waals surface area contributed by atoms with Gasteiger partial charge in [0.1, 0.15) is 5.75 Å². The molecule has 2 aromatic rings. The maximum Gasteiger partial charge on any atom is 0.258 e. The van der Waals surface area contributed by atoms with Gasteiger partial charge in [0.25, 0.3) is 5.91 Å². The van der Waals surface area contributed by atoms with Gasteiger partial charge >= 0.3 is 0 Å². The predicted molar refractivity (Wildman–Crippen MR) is 80.9 cm³/mol. The molecule has 0 radical (unpaired) electrons. The van der Waals surface area contributed by atoms with Crippen molar-refractivity contribution in [2.75, 3.05) is 6.61 Å². The quantitative estimate of drug-likeness (QED) is 0.855. The second-order valence-corrected chi connectivity index (χ2v) is 4.80. The number of hydrogen-bond donors (Lipinski definition) is 2. The molecule has 2 N–H and O–H groups in total. The number of carbonyl (C=O) groups is 1. The molecule has 0 aliphatic rings. The Balaban J connectivity index is 1.81.